The maximum absolute atomic E-state index is 11.9. The molecule has 0 aromatic heterocycles. The second-order valence-electron chi connectivity index (χ2n) is 4.12. The first-order chi connectivity index (χ1) is 9.04. The van der Waals surface area contributed by atoms with Gasteiger partial charge in [0.1, 0.15) is 5.75 Å². The van der Waals surface area contributed by atoms with Crippen molar-refractivity contribution in [1.82, 2.24) is 10.6 Å². The molecule has 6 heteroatoms. The lowest BCUT2D eigenvalue weighted by Crippen LogP contribution is -2.45. The van der Waals surface area contributed by atoms with Gasteiger partial charge in [0.15, 0.2) is 5.11 Å². The zero-order valence-corrected chi connectivity index (χ0v) is 11.4. The first-order valence-corrected chi connectivity index (χ1v) is 6.10. The minimum absolute atomic E-state index is 0.0962. The number of carbonyl (C=O) groups is 1. The third-order valence-corrected chi connectivity index (χ3v) is 3.14. The summed E-state index contributed by atoms with van der Waals surface area (Å²) < 4.78 is 4.79. The van der Waals surface area contributed by atoms with Gasteiger partial charge in [-0.05, 0) is 25.2 Å². The molecule has 1 aliphatic rings. The van der Waals surface area contributed by atoms with E-state index in [0.29, 0.717) is 21.9 Å². The lowest BCUT2D eigenvalue weighted by Gasteiger charge is -2.29. The van der Waals surface area contributed by atoms with E-state index in [-0.39, 0.29) is 5.75 Å². The Kier molecular flexibility index (Phi) is 3.71. The molecule has 0 aliphatic carbocycles. The van der Waals surface area contributed by atoms with Gasteiger partial charge in [0.2, 0.25) is 0 Å². The maximum atomic E-state index is 11.9. The Bertz CT molecular complexity index is 569. The van der Waals surface area contributed by atoms with Crippen LogP contribution in [0.3, 0.4) is 0 Å². The predicted octanol–water partition coefficient (Wildman–Crippen LogP) is 1.36. The molecule has 0 unspecified atom stereocenters. The lowest BCUT2D eigenvalue weighted by molar-refractivity contribution is -0.136. The molecular formula is C13H14N2O3S. The van der Waals surface area contributed by atoms with Gasteiger partial charge in [-0.1, -0.05) is 18.2 Å². The average Bonchev–Trinajstić information content (AvgIpc) is 2.37. The Labute approximate surface area is 116 Å². The number of hydrogen-bond donors (Lipinski definition) is 3. The largest absolute Gasteiger partial charge is 0.508 e. The van der Waals surface area contributed by atoms with Crippen molar-refractivity contribution in [2.24, 2.45) is 0 Å². The summed E-state index contributed by atoms with van der Waals surface area (Å²) in [5.74, 6) is -0.368. The first-order valence-electron chi connectivity index (χ1n) is 5.69. The molecule has 19 heavy (non-hydrogen) atoms. The second-order valence-corrected chi connectivity index (χ2v) is 4.53. The molecule has 1 atom stereocenters. The van der Waals surface area contributed by atoms with Crippen LogP contribution in [0.5, 0.6) is 5.75 Å². The molecule has 1 aromatic rings. The van der Waals surface area contributed by atoms with Crippen LogP contribution in [0.2, 0.25) is 0 Å². The molecule has 1 aromatic carbocycles. The van der Waals surface area contributed by atoms with Gasteiger partial charge >= 0.3 is 5.97 Å². The van der Waals surface area contributed by atoms with E-state index in [1.54, 1.807) is 31.2 Å². The van der Waals surface area contributed by atoms with Crippen LogP contribution in [0.25, 0.3) is 0 Å². The van der Waals surface area contributed by atoms with Crippen molar-refractivity contribution in [2.45, 2.75) is 13.0 Å². The number of rotatable bonds is 2. The SMILES string of the molecule is COC(=O)C1=C(C)NC(=S)N[C@H]1c1ccccc1O. The van der Waals surface area contributed by atoms with Crippen molar-refractivity contribution in [1.29, 1.82) is 0 Å². The third kappa shape index (κ3) is 2.53. The molecule has 0 radical (unpaired) electrons. The van der Waals surface area contributed by atoms with Gasteiger partial charge in [0.25, 0.3) is 0 Å². The molecule has 2 rings (SSSR count). The van der Waals surface area contributed by atoms with Gasteiger partial charge in [-0.15, -0.1) is 0 Å². The van der Waals surface area contributed by atoms with Crippen molar-refractivity contribution in [2.75, 3.05) is 7.11 Å². The van der Waals surface area contributed by atoms with Gasteiger partial charge in [-0.25, -0.2) is 4.79 Å². The minimum atomic E-state index is -0.526. The van der Waals surface area contributed by atoms with Crippen LogP contribution in [0, 0.1) is 0 Å². The van der Waals surface area contributed by atoms with Crippen LogP contribution in [0.1, 0.15) is 18.5 Å². The number of allylic oxidation sites excluding steroid dienone is 1. The van der Waals surface area contributed by atoms with E-state index >= 15 is 0 Å². The van der Waals surface area contributed by atoms with Crippen LogP contribution in [-0.2, 0) is 9.53 Å². The van der Waals surface area contributed by atoms with E-state index in [0.717, 1.165) is 0 Å². The first kappa shape index (κ1) is 13.4. The summed E-state index contributed by atoms with van der Waals surface area (Å²) in [6.45, 7) is 1.74. The van der Waals surface area contributed by atoms with Crippen LogP contribution >= 0.6 is 12.2 Å². The van der Waals surface area contributed by atoms with E-state index in [9.17, 15) is 9.90 Å². The molecule has 1 heterocycles. The number of thiocarbonyl (C=S) groups is 1. The second kappa shape index (κ2) is 5.27. The molecule has 0 saturated carbocycles. The van der Waals surface area contributed by atoms with Crippen molar-refractivity contribution < 1.29 is 14.6 Å². The van der Waals surface area contributed by atoms with Gasteiger partial charge in [0, 0.05) is 11.3 Å². The predicted molar refractivity (Wildman–Crippen MR) is 74.4 cm³/mol. The summed E-state index contributed by atoms with van der Waals surface area (Å²) in [6, 6.07) is 6.27. The molecule has 1 aliphatic heterocycles. The molecule has 0 amide bonds. The van der Waals surface area contributed by atoms with Crippen molar-refractivity contribution in [3.05, 3.63) is 41.1 Å². The standard InChI is InChI=1S/C13H14N2O3S/c1-7-10(12(17)18-2)11(15-13(19)14-7)8-5-3-4-6-9(8)16/h3-6,11,16H,1-2H3,(H2,14,15,19)/t11-/m0/s1. The van der Waals surface area contributed by atoms with Crippen LogP contribution in [-0.4, -0.2) is 23.3 Å². The lowest BCUT2D eigenvalue weighted by atomic mass is 9.95. The fourth-order valence-corrected chi connectivity index (χ4v) is 2.31. The number of benzene rings is 1. The molecule has 0 fully saturated rings. The molecular weight excluding hydrogens is 264 g/mol. The summed E-state index contributed by atoms with van der Waals surface area (Å²) in [4.78, 5) is 11.9. The van der Waals surface area contributed by atoms with Crippen molar-refractivity contribution in [3.8, 4) is 5.75 Å². The highest BCUT2D eigenvalue weighted by molar-refractivity contribution is 7.80. The van der Waals surface area contributed by atoms with Gasteiger partial charge in [-0.2, -0.15) is 0 Å². The Morgan fingerprint density at radius 2 is 2.11 bits per heavy atom. The molecule has 3 N–H and O–H groups in total. The maximum Gasteiger partial charge on any atom is 0.337 e. The van der Waals surface area contributed by atoms with E-state index in [2.05, 4.69) is 10.6 Å². The average molecular weight is 278 g/mol. The smallest absolute Gasteiger partial charge is 0.337 e. The summed E-state index contributed by atoms with van der Waals surface area (Å²) in [7, 11) is 1.32. The number of ether oxygens (including phenoxy) is 1. The number of hydrogen-bond acceptors (Lipinski definition) is 4. The molecule has 0 saturated heterocycles. The van der Waals surface area contributed by atoms with E-state index < -0.39 is 12.0 Å². The minimum Gasteiger partial charge on any atom is -0.508 e. The molecule has 0 bridgehead atoms. The number of methoxy groups -OCH3 is 1. The van der Waals surface area contributed by atoms with Gasteiger partial charge in [-0.3, -0.25) is 0 Å². The Morgan fingerprint density at radius 1 is 1.42 bits per heavy atom. The van der Waals surface area contributed by atoms with Gasteiger partial charge < -0.3 is 20.5 Å². The topological polar surface area (TPSA) is 70.6 Å². The third-order valence-electron chi connectivity index (χ3n) is 2.92. The molecule has 5 nitrogen and oxygen atoms in total. The number of phenolic OH excluding ortho intramolecular Hbond substituents is 1. The summed E-state index contributed by atoms with van der Waals surface area (Å²) >= 11 is 5.09. The van der Waals surface area contributed by atoms with Crippen LogP contribution in [0.4, 0.5) is 0 Å². The number of carbonyl (C=O) groups excluding carboxylic acids is 1. The fourth-order valence-electron chi connectivity index (χ4n) is 2.04. The zero-order chi connectivity index (χ0) is 14.0. The number of esters is 1. The summed E-state index contributed by atoms with van der Waals surface area (Å²) in [5, 5.41) is 16.2. The Balaban J connectivity index is 2.53. The van der Waals surface area contributed by atoms with Crippen LogP contribution in [0.15, 0.2) is 35.5 Å². The van der Waals surface area contributed by atoms with E-state index in [4.69, 9.17) is 17.0 Å². The molecule has 100 valence electrons. The number of phenols is 1. The van der Waals surface area contributed by atoms with Crippen LogP contribution < -0.4 is 10.6 Å². The van der Waals surface area contributed by atoms with Crippen molar-refractivity contribution in [3.63, 3.8) is 0 Å². The summed E-state index contributed by atoms with van der Waals surface area (Å²) in [5.41, 5.74) is 1.59. The van der Waals surface area contributed by atoms with Crippen molar-refractivity contribution >= 4 is 23.3 Å². The highest BCUT2D eigenvalue weighted by atomic mass is 32.1. The monoisotopic (exact) mass is 278 g/mol. The fraction of sp³-hybridized carbons (Fsp3) is 0.231. The van der Waals surface area contributed by atoms with Gasteiger partial charge in [0.05, 0.1) is 18.7 Å². The Morgan fingerprint density at radius 3 is 2.74 bits per heavy atom. The highest BCUT2D eigenvalue weighted by Gasteiger charge is 2.31. The molecule has 0 spiro atoms. The summed E-state index contributed by atoms with van der Waals surface area (Å²) in [6.07, 6.45) is 0. The highest BCUT2D eigenvalue weighted by Crippen LogP contribution is 2.32. The number of nitrogens with one attached hydrogen (secondary N) is 2. The van der Waals surface area contributed by atoms with E-state index in [1.165, 1.54) is 7.11 Å². The number of para-hydroxylation sites is 1. The zero-order valence-electron chi connectivity index (χ0n) is 10.6. The Hall–Kier alpha value is -2.08. The number of aromatic hydroxyl groups is 1. The van der Waals surface area contributed by atoms with E-state index in [1.807, 2.05) is 0 Å². The quantitative estimate of drug-likeness (QED) is 0.560. The normalized spacial score (nSPS) is 18.6.